The van der Waals surface area contributed by atoms with Crippen LogP contribution in [-0.4, -0.2) is 67.9 Å². The number of piperidine rings is 1. The summed E-state index contributed by atoms with van der Waals surface area (Å²) in [6, 6.07) is 0.442. The van der Waals surface area contributed by atoms with Crippen LogP contribution in [0.25, 0.3) is 0 Å². The van der Waals surface area contributed by atoms with Crippen molar-refractivity contribution < 1.29 is 9.53 Å². The highest BCUT2D eigenvalue weighted by Crippen LogP contribution is 2.17. The molecule has 0 aromatic carbocycles. The van der Waals surface area contributed by atoms with Gasteiger partial charge in [-0.3, -0.25) is 9.89 Å². The smallest absolute Gasteiger partial charge is 0.407 e. The summed E-state index contributed by atoms with van der Waals surface area (Å²) < 4.78 is 5.22. The minimum Gasteiger partial charge on any atom is -0.444 e. The number of halogens is 1. The van der Waals surface area contributed by atoms with Gasteiger partial charge in [-0.25, -0.2) is 4.79 Å². The van der Waals surface area contributed by atoms with E-state index in [1.165, 1.54) is 25.9 Å². The summed E-state index contributed by atoms with van der Waals surface area (Å²) >= 11 is 0. The van der Waals surface area contributed by atoms with E-state index >= 15 is 0 Å². The van der Waals surface area contributed by atoms with Crippen LogP contribution in [0.5, 0.6) is 0 Å². The van der Waals surface area contributed by atoms with Gasteiger partial charge in [0.25, 0.3) is 0 Å². The Kier molecular flexibility index (Phi) is 13.0. The van der Waals surface area contributed by atoms with Gasteiger partial charge in [0.2, 0.25) is 0 Å². The lowest BCUT2D eigenvalue weighted by atomic mass is 9.98. The number of likely N-dealkylation sites (tertiary alicyclic amines) is 1. The molecule has 3 N–H and O–H groups in total. The first-order chi connectivity index (χ1) is 12.2. The number of ether oxygens (including phenoxy) is 1. The van der Waals surface area contributed by atoms with Crippen molar-refractivity contribution in [2.75, 3.05) is 39.3 Å². The first-order valence-electron chi connectivity index (χ1n) is 9.94. The molecule has 27 heavy (non-hydrogen) atoms. The lowest BCUT2D eigenvalue weighted by molar-refractivity contribution is 0.0529. The molecular weight excluding hydrogens is 457 g/mol. The number of alkyl carbamates (subject to hydrolysis) is 1. The zero-order valence-corrected chi connectivity index (χ0v) is 20.3. The molecule has 1 amide bonds. The summed E-state index contributed by atoms with van der Waals surface area (Å²) in [5.41, 5.74) is -0.476. The van der Waals surface area contributed by atoms with Gasteiger partial charge in [-0.1, -0.05) is 6.92 Å². The maximum Gasteiger partial charge on any atom is 0.407 e. The maximum absolute atomic E-state index is 11.6. The van der Waals surface area contributed by atoms with Crippen LogP contribution >= 0.6 is 24.0 Å². The van der Waals surface area contributed by atoms with E-state index in [2.05, 4.69) is 34.7 Å². The third kappa shape index (κ3) is 12.3. The van der Waals surface area contributed by atoms with E-state index in [4.69, 9.17) is 9.73 Å². The number of aliphatic imine (C=N–C) groups is 1. The summed E-state index contributed by atoms with van der Waals surface area (Å²) in [7, 11) is 0. The summed E-state index contributed by atoms with van der Waals surface area (Å²) in [5.74, 6) is 1.63. The third-order valence-electron chi connectivity index (χ3n) is 4.39. The molecule has 1 aliphatic rings. The van der Waals surface area contributed by atoms with Crippen molar-refractivity contribution in [2.45, 2.75) is 66.0 Å². The Balaban J connectivity index is 0.00000676. The Morgan fingerprint density at radius 1 is 1.19 bits per heavy atom. The Bertz CT molecular complexity index is 446. The molecule has 1 fully saturated rings. The highest BCUT2D eigenvalue weighted by Gasteiger charge is 2.20. The molecule has 1 aliphatic heterocycles. The highest BCUT2D eigenvalue weighted by molar-refractivity contribution is 14.0. The van der Waals surface area contributed by atoms with Crippen molar-refractivity contribution in [3.8, 4) is 0 Å². The summed E-state index contributed by atoms with van der Waals surface area (Å²) in [6.45, 7) is 17.2. The minimum atomic E-state index is -0.476. The lowest BCUT2D eigenvalue weighted by Gasteiger charge is -2.34. The molecule has 0 aromatic rings. The van der Waals surface area contributed by atoms with Crippen LogP contribution in [0, 0.1) is 5.92 Å². The topological polar surface area (TPSA) is 78.0 Å². The SMILES string of the molecule is CCNC(=NCC(C)N1CCC(C)CC1)NCCNC(=O)OC(C)(C)C.I. The van der Waals surface area contributed by atoms with Crippen molar-refractivity contribution in [1.82, 2.24) is 20.9 Å². The molecular formula is C19H40IN5O2. The molecule has 0 aliphatic carbocycles. The predicted octanol–water partition coefficient (Wildman–Crippen LogP) is 2.80. The second kappa shape index (κ2) is 13.4. The first kappa shape index (κ1) is 26.2. The number of nitrogens with zero attached hydrogens (tertiary/aromatic N) is 2. The zero-order chi connectivity index (χ0) is 19.6. The monoisotopic (exact) mass is 497 g/mol. The molecule has 0 bridgehead atoms. The number of hydrogen-bond acceptors (Lipinski definition) is 4. The number of hydrogen-bond donors (Lipinski definition) is 3. The quantitative estimate of drug-likeness (QED) is 0.218. The van der Waals surface area contributed by atoms with E-state index in [0.29, 0.717) is 19.1 Å². The van der Waals surface area contributed by atoms with Gasteiger partial charge in [0, 0.05) is 25.7 Å². The largest absolute Gasteiger partial charge is 0.444 e. The number of nitrogens with one attached hydrogen (secondary N) is 3. The maximum atomic E-state index is 11.6. The normalized spacial score (nSPS) is 17.6. The summed E-state index contributed by atoms with van der Waals surface area (Å²) in [6.07, 6.45) is 2.17. The highest BCUT2D eigenvalue weighted by atomic mass is 127. The Morgan fingerprint density at radius 2 is 1.78 bits per heavy atom. The number of carbonyl (C=O) groups excluding carboxylic acids is 1. The van der Waals surface area contributed by atoms with E-state index < -0.39 is 11.7 Å². The molecule has 0 radical (unpaired) electrons. The van der Waals surface area contributed by atoms with E-state index in [1.54, 1.807) is 0 Å². The molecule has 1 heterocycles. The number of rotatable bonds is 7. The van der Waals surface area contributed by atoms with Gasteiger partial charge >= 0.3 is 6.09 Å². The van der Waals surface area contributed by atoms with Crippen molar-refractivity contribution in [1.29, 1.82) is 0 Å². The Morgan fingerprint density at radius 3 is 2.33 bits per heavy atom. The first-order valence-corrected chi connectivity index (χ1v) is 9.94. The fourth-order valence-electron chi connectivity index (χ4n) is 2.81. The Hall–Kier alpha value is -0.770. The van der Waals surface area contributed by atoms with Crippen molar-refractivity contribution in [3.63, 3.8) is 0 Å². The molecule has 7 nitrogen and oxygen atoms in total. The van der Waals surface area contributed by atoms with Gasteiger partial charge < -0.3 is 20.7 Å². The molecule has 160 valence electrons. The van der Waals surface area contributed by atoms with Crippen LogP contribution in [0.15, 0.2) is 4.99 Å². The van der Waals surface area contributed by atoms with E-state index in [9.17, 15) is 4.79 Å². The standard InChI is InChI=1S/C19H39N5O2.HI/c1-7-20-17(21-10-11-22-18(25)26-19(4,5)6)23-14-16(3)24-12-8-15(2)9-13-24;/h15-16H,7-14H2,1-6H3,(H,22,25)(H2,20,21,23);1H. The van der Waals surface area contributed by atoms with E-state index in [0.717, 1.165) is 25.0 Å². The van der Waals surface area contributed by atoms with Gasteiger partial charge in [0.1, 0.15) is 5.60 Å². The van der Waals surface area contributed by atoms with Crippen LogP contribution in [0.3, 0.4) is 0 Å². The van der Waals surface area contributed by atoms with Gasteiger partial charge in [-0.2, -0.15) is 0 Å². The van der Waals surface area contributed by atoms with Crippen LogP contribution in [0.2, 0.25) is 0 Å². The fourth-order valence-corrected chi connectivity index (χ4v) is 2.81. The Labute approximate surface area is 182 Å². The molecule has 1 saturated heterocycles. The molecule has 1 unspecified atom stereocenters. The second-order valence-corrected chi connectivity index (χ2v) is 8.14. The molecule has 8 heteroatoms. The zero-order valence-electron chi connectivity index (χ0n) is 17.9. The lowest BCUT2D eigenvalue weighted by Crippen LogP contribution is -2.44. The van der Waals surface area contributed by atoms with Crippen LogP contribution in [-0.2, 0) is 4.74 Å². The van der Waals surface area contributed by atoms with Crippen molar-refractivity contribution >= 4 is 36.0 Å². The molecule has 0 saturated carbocycles. The van der Waals surface area contributed by atoms with Crippen molar-refractivity contribution in [3.05, 3.63) is 0 Å². The molecule has 0 aromatic heterocycles. The average Bonchev–Trinajstić information content (AvgIpc) is 2.55. The number of amides is 1. The fraction of sp³-hybridized carbons (Fsp3) is 0.895. The van der Waals surface area contributed by atoms with Gasteiger partial charge in [0.15, 0.2) is 5.96 Å². The van der Waals surface area contributed by atoms with Gasteiger partial charge in [0.05, 0.1) is 6.54 Å². The van der Waals surface area contributed by atoms with Crippen LogP contribution in [0.4, 0.5) is 4.79 Å². The van der Waals surface area contributed by atoms with E-state index in [1.807, 2.05) is 27.7 Å². The van der Waals surface area contributed by atoms with Crippen LogP contribution < -0.4 is 16.0 Å². The average molecular weight is 497 g/mol. The number of guanidine groups is 1. The third-order valence-corrected chi connectivity index (χ3v) is 4.39. The van der Waals surface area contributed by atoms with Gasteiger partial charge in [-0.15, -0.1) is 24.0 Å². The minimum absolute atomic E-state index is 0. The van der Waals surface area contributed by atoms with Gasteiger partial charge in [-0.05, 0) is 66.5 Å². The summed E-state index contributed by atoms with van der Waals surface area (Å²) in [4.78, 5) is 18.8. The van der Waals surface area contributed by atoms with Crippen LogP contribution in [0.1, 0.15) is 54.4 Å². The summed E-state index contributed by atoms with van der Waals surface area (Å²) in [5, 5.41) is 9.25. The second-order valence-electron chi connectivity index (χ2n) is 8.14. The molecule has 0 spiro atoms. The van der Waals surface area contributed by atoms with Crippen molar-refractivity contribution in [2.24, 2.45) is 10.9 Å². The molecule has 1 rings (SSSR count). The van der Waals surface area contributed by atoms with E-state index in [-0.39, 0.29) is 24.0 Å². The number of carbonyl (C=O) groups is 1. The molecule has 1 atom stereocenters. The predicted molar refractivity (Wildman–Crippen MR) is 123 cm³/mol.